The molecule has 3 nitrogen and oxygen atoms in total. The van der Waals surface area contributed by atoms with Gasteiger partial charge in [-0.3, -0.25) is 4.79 Å². The second kappa shape index (κ2) is 7.91. The van der Waals surface area contributed by atoms with Crippen LogP contribution in [-0.4, -0.2) is 24.4 Å². The molecule has 0 bridgehead atoms. The largest absolute Gasteiger partial charge is 0.341 e. The first-order valence-corrected chi connectivity index (χ1v) is 7.05. The Morgan fingerprint density at radius 2 is 2.33 bits per heavy atom. The molecule has 2 N–H and O–H groups in total. The first-order chi connectivity index (χ1) is 8.67. The maximum atomic E-state index is 11.8. The number of thiophene rings is 1. The summed E-state index contributed by atoms with van der Waals surface area (Å²) in [5.74, 6) is 6.04. The van der Waals surface area contributed by atoms with Crippen LogP contribution in [0.1, 0.15) is 36.6 Å². The minimum Gasteiger partial charge on any atom is -0.341 e. The molecule has 0 aliphatic heterocycles. The van der Waals surface area contributed by atoms with Crippen molar-refractivity contribution < 1.29 is 4.79 Å². The highest BCUT2D eigenvalue weighted by Crippen LogP contribution is 2.15. The van der Waals surface area contributed by atoms with Gasteiger partial charge < -0.3 is 10.6 Å². The van der Waals surface area contributed by atoms with Crippen LogP contribution >= 0.6 is 11.3 Å². The molecule has 1 aromatic rings. The summed E-state index contributed by atoms with van der Waals surface area (Å²) in [6.07, 6.45) is 2.65. The van der Waals surface area contributed by atoms with E-state index in [4.69, 9.17) is 5.73 Å². The number of carbonyl (C=O) groups excluding carboxylic acids is 1. The molecule has 4 heteroatoms. The lowest BCUT2D eigenvalue weighted by molar-refractivity contribution is -0.130. The lowest BCUT2D eigenvalue weighted by atomic mass is 10.2. The Morgan fingerprint density at radius 3 is 3.00 bits per heavy atom. The van der Waals surface area contributed by atoms with Crippen LogP contribution in [0.3, 0.4) is 0 Å². The Hall–Kier alpha value is -1.31. The van der Waals surface area contributed by atoms with Crippen LogP contribution in [0.5, 0.6) is 0 Å². The third-order valence-electron chi connectivity index (χ3n) is 2.56. The monoisotopic (exact) mass is 264 g/mol. The highest BCUT2D eigenvalue weighted by molar-refractivity contribution is 7.10. The maximum Gasteiger partial charge on any atom is 0.222 e. The van der Waals surface area contributed by atoms with Crippen LogP contribution in [0.2, 0.25) is 0 Å². The average molecular weight is 264 g/mol. The first kappa shape index (κ1) is 14.7. The summed E-state index contributed by atoms with van der Waals surface area (Å²) in [5.41, 5.74) is 6.46. The predicted molar refractivity (Wildman–Crippen MR) is 76.3 cm³/mol. The fraction of sp³-hybridized carbons (Fsp3) is 0.500. The normalized spacial score (nSPS) is 9.72. The van der Waals surface area contributed by atoms with E-state index in [2.05, 4.69) is 18.8 Å². The second-order valence-corrected chi connectivity index (χ2v) is 5.09. The number of hydrogen-bond donors (Lipinski definition) is 1. The zero-order valence-electron chi connectivity index (χ0n) is 11.0. The lowest BCUT2D eigenvalue weighted by Gasteiger charge is -2.16. The summed E-state index contributed by atoms with van der Waals surface area (Å²) in [6.45, 7) is 3.13. The molecule has 0 saturated carbocycles. The molecule has 0 aliphatic carbocycles. The van der Waals surface area contributed by atoms with Crippen molar-refractivity contribution in [2.45, 2.75) is 32.7 Å². The summed E-state index contributed by atoms with van der Waals surface area (Å²) in [6, 6.07) is 2.02. The van der Waals surface area contributed by atoms with Gasteiger partial charge in [0.2, 0.25) is 5.91 Å². The van der Waals surface area contributed by atoms with Gasteiger partial charge in [0.15, 0.2) is 0 Å². The molecular formula is C14H20N2OS. The van der Waals surface area contributed by atoms with Crippen molar-refractivity contribution in [3.8, 4) is 11.8 Å². The van der Waals surface area contributed by atoms with E-state index in [1.165, 1.54) is 0 Å². The predicted octanol–water partition coefficient (Wildman–Crippen LogP) is 2.21. The van der Waals surface area contributed by atoms with E-state index in [0.717, 1.165) is 23.3 Å². The summed E-state index contributed by atoms with van der Waals surface area (Å²) in [4.78, 5) is 14.6. The van der Waals surface area contributed by atoms with Gasteiger partial charge in [0.1, 0.15) is 0 Å². The van der Waals surface area contributed by atoms with Gasteiger partial charge in [-0.25, -0.2) is 0 Å². The molecule has 0 spiro atoms. The van der Waals surface area contributed by atoms with Crippen molar-refractivity contribution in [1.29, 1.82) is 0 Å². The highest BCUT2D eigenvalue weighted by atomic mass is 32.1. The summed E-state index contributed by atoms with van der Waals surface area (Å²) in [7, 11) is 1.85. The third kappa shape index (κ3) is 4.91. The Morgan fingerprint density at radius 1 is 1.56 bits per heavy atom. The third-order valence-corrected chi connectivity index (χ3v) is 3.45. The zero-order valence-corrected chi connectivity index (χ0v) is 11.8. The van der Waals surface area contributed by atoms with Crippen molar-refractivity contribution in [1.82, 2.24) is 4.90 Å². The van der Waals surface area contributed by atoms with Gasteiger partial charge in [0.05, 0.1) is 11.4 Å². The summed E-state index contributed by atoms with van der Waals surface area (Å²) in [5, 5.41) is 2.05. The van der Waals surface area contributed by atoms with Gasteiger partial charge in [0, 0.05) is 20.0 Å². The van der Waals surface area contributed by atoms with Gasteiger partial charge in [-0.15, -0.1) is 11.3 Å². The number of rotatable bonds is 5. The van der Waals surface area contributed by atoms with Crippen LogP contribution < -0.4 is 5.73 Å². The number of nitrogens with two attached hydrogens (primary N) is 1. The molecule has 0 atom stereocenters. The number of carbonyl (C=O) groups is 1. The summed E-state index contributed by atoms with van der Waals surface area (Å²) < 4.78 is 0. The fourth-order valence-electron chi connectivity index (χ4n) is 1.54. The van der Waals surface area contributed by atoms with Crippen LogP contribution in [0.25, 0.3) is 0 Å². The van der Waals surface area contributed by atoms with Gasteiger partial charge in [0.25, 0.3) is 0 Å². The van der Waals surface area contributed by atoms with E-state index >= 15 is 0 Å². The molecule has 18 heavy (non-hydrogen) atoms. The molecule has 1 aromatic heterocycles. The molecule has 0 unspecified atom stereocenters. The standard InChI is InChI=1S/C14H20N2OS/c1-3-4-7-14(17)16(2)10-12-9-13(18-11-12)6-5-8-15/h9,11H,3-4,7-8,10,15H2,1-2H3. The van der Waals surface area contributed by atoms with Crippen LogP contribution in [0.15, 0.2) is 11.4 Å². The average Bonchev–Trinajstić information content (AvgIpc) is 2.80. The Bertz CT molecular complexity index is 442. The minimum atomic E-state index is 0.206. The van der Waals surface area contributed by atoms with E-state index in [-0.39, 0.29) is 5.91 Å². The van der Waals surface area contributed by atoms with Gasteiger partial charge in [-0.05, 0) is 23.4 Å². The number of unbranched alkanes of at least 4 members (excludes halogenated alkanes) is 1. The molecule has 1 rings (SSSR count). The van der Waals surface area contributed by atoms with Crippen molar-refractivity contribution in [3.05, 3.63) is 21.9 Å². The van der Waals surface area contributed by atoms with Crippen molar-refractivity contribution in [2.24, 2.45) is 5.73 Å². The summed E-state index contributed by atoms with van der Waals surface area (Å²) >= 11 is 1.59. The molecule has 0 aliphatic rings. The topological polar surface area (TPSA) is 46.3 Å². The molecule has 0 radical (unpaired) electrons. The second-order valence-electron chi connectivity index (χ2n) is 4.18. The zero-order chi connectivity index (χ0) is 13.4. The Balaban J connectivity index is 2.51. The Labute approximate surface area is 113 Å². The molecule has 1 amide bonds. The molecule has 0 fully saturated rings. The van der Waals surface area contributed by atoms with Crippen LogP contribution in [0.4, 0.5) is 0 Å². The lowest BCUT2D eigenvalue weighted by Crippen LogP contribution is -2.25. The van der Waals surface area contributed by atoms with Crippen LogP contribution in [0, 0.1) is 11.8 Å². The van der Waals surface area contributed by atoms with E-state index in [1.54, 1.807) is 16.2 Å². The SMILES string of the molecule is CCCCC(=O)N(C)Cc1csc(C#CCN)c1. The number of nitrogens with zero attached hydrogens (tertiary/aromatic N) is 1. The van der Waals surface area contributed by atoms with E-state index in [0.29, 0.717) is 19.5 Å². The van der Waals surface area contributed by atoms with Gasteiger partial charge in [-0.2, -0.15) is 0 Å². The Kier molecular flexibility index (Phi) is 6.48. The van der Waals surface area contributed by atoms with E-state index < -0.39 is 0 Å². The number of hydrogen-bond acceptors (Lipinski definition) is 3. The maximum absolute atomic E-state index is 11.8. The number of amides is 1. The van der Waals surface area contributed by atoms with Gasteiger partial charge in [-0.1, -0.05) is 25.2 Å². The highest BCUT2D eigenvalue weighted by Gasteiger charge is 2.09. The quantitative estimate of drug-likeness (QED) is 0.829. The van der Waals surface area contributed by atoms with Gasteiger partial charge >= 0.3 is 0 Å². The van der Waals surface area contributed by atoms with Crippen molar-refractivity contribution >= 4 is 17.2 Å². The minimum absolute atomic E-state index is 0.206. The molecule has 1 heterocycles. The molecule has 98 valence electrons. The van der Waals surface area contributed by atoms with E-state index in [1.807, 2.05) is 18.5 Å². The molecule has 0 saturated heterocycles. The van der Waals surface area contributed by atoms with E-state index in [9.17, 15) is 4.79 Å². The van der Waals surface area contributed by atoms with Crippen molar-refractivity contribution in [2.75, 3.05) is 13.6 Å². The molecular weight excluding hydrogens is 244 g/mol. The fourth-order valence-corrected chi connectivity index (χ4v) is 2.31. The van der Waals surface area contributed by atoms with Crippen molar-refractivity contribution in [3.63, 3.8) is 0 Å². The smallest absolute Gasteiger partial charge is 0.222 e. The first-order valence-electron chi connectivity index (χ1n) is 6.17. The molecule has 0 aromatic carbocycles. The van der Waals surface area contributed by atoms with Crippen LogP contribution in [-0.2, 0) is 11.3 Å².